The molecule has 1 aromatic heterocycles. The van der Waals surface area contributed by atoms with E-state index in [1.165, 1.54) is 6.42 Å². The summed E-state index contributed by atoms with van der Waals surface area (Å²) in [5.74, 6) is 1.65. The van der Waals surface area contributed by atoms with Crippen LogP contribution in [0.2, 0.25) is 0 Å². The molecule has 2 saturated heterocycles. The van der Waals surface area contributed by atoms with Crippen molar-refractivity contribution in [1.82, 2.24) is 20.5 Å². The van der Waals surface area contributed by atoms with Gasteiger partial charge < -0.3 is 14.6 Å². The second-order valence-corrected chi connectivity index (χ2v) is 7.90. The predicted molar refractivity (Wildman–Crippen MR) is 97.5 cm³/mol. The molecule has 2 aliphatic heterocycles. The molecule has 4 rings (SSSR count). The van der Waals surface area contributed by atoms with E-state index in [0.29, 0.717) is 6.04 Å². The van der Waals surface area contributed by atoms with Gasteiger partial charge >= 0.3 is 7.12 Å². The van der Waals surface area contributed by atoms with Crippen LogP contribution in [0.5, 0.6) is 0 Å². The maximum absolute atomic E-state index is 6.10. The molecule has 1 atom stereocenters. The molecule has 0 radical (unpaired) electrons. The summed E-state index contributed by atoms with van der Waals surface area (Å²) in [6, 6.07) is 8.40. The van der Waals surface area contributed by atoms with Crippen molar-refractivity contribution in [3.8, 4) is 11.4 Å². The van der Waals surface area contributed by atoms with Crippen LogP contribution in [0.25, 0.3) is 11.4 Å². The summed E-state index contributed by atoms with van der Waals surface area (Å²) in [5, 5.41) is 10.9. The fraction of sp³-hybridized carbons (Fsp3) is 0.556. The van der Waals surface area contributed by atoms with Crippen LogP contribution in [-0.4, -0.2) is 40.0 Å². The number of hydrogen-bond donors (Lipinski definition) is 2. The van der Waals surface area contributed by atoms with E-state index in [2.05, 4.69) is 48.2 Å². The average Bonchev–Trinajstić information content (AvgIpc) is 3.28. The Morgan fingerprint density at radius 1 is 1.08 bits per heavy atom. The third kappa shape index (κ3) is 3.01. The quantitative estimate of drug-likeness (QED) is 0.838. The van der Waals surface area contributed by atoms with Gasteiger partial charge in [-0.15, -0.1) is 0 Å². The highest BCUT2D eigenvalue weighted by Gasteiger charge is 2.51. The van der Waals surface area contributed by atoms with E-state index in [1.54, 1.807) is 0 Å². The molecule has 2 N–H and O–H groups in total. The van der Waals surface area contributed by atoms with E-state index in [0.717, 1.165) is 35.6 Å². The number of H-pyrrole nitrogens is 1. The highest BCUT2D eigenvalue weighted by atomic mass is 16.7. The van der Waals surface area contributed by atoms with Crippen molar-refractivity contribution in [3.63, 3.8) is 0 Å². The van der Waals surface area contributed by atoms with Gasteiger partial charge in [0.2, 0.25) is 0 Å². The lowest BCUT2D eigenvalue weighted by molar-refractivity contribution is 0.00578. The van der Waals surface area contributed by atoms with Crippen molar-refractivity contribution in [3.05, 3.63) is 30.1 Å². The maximum Gasteiger partial charge on any atom is 0.494 e. The van der Waals surface area contributed by atoms with Crippen LogP contribution in [0.3, 0.4) is 0 Å². The first-order chi connectivity index (χ1) is 11.9. The van der Waals surface area contributed by atoms with Crippen LogP contribution in [0.1, 0.15) is 52.4 Å². The molecule has 2 aromatic rings. The Balaban J connectivity index is 1.51. The zero-order valence-electron chi connectivity index (χ0n) is 15.3. The molecular weight excluding hydrogens is 315 g/mol. The zero-order chi connectivity index (χ0) is 17.7. The van der Waals surface area contributed by atoms with Crippen LogP contribution < -0.4 is 10.8 Å². The lowest BCUT2D eigenvalue weighted by atomic mass is 9.79. The third-order valence-electron chi connectivity index (χ3n) is 5.59. The van der Waals surface area contributed by atoms with Gasteiger partial charge in [0.1, 0.15) is 5.82 Å². The maximum atomic E-state index is 6.10. The largest absolute Gasteiger partial charge is 0.494 e. The first kappa shape index (κ1) is 16.8. The average molecular weight is 340 g/mol. The highest BCUT2D eigenvalue weighted by molar-refractivity contribution is 6.62. The van der Waals surface area contributed by atoms with Crippen molar-refractivity contribution >= 4 is 12.6 Å². The molecule has 132 valence electrons. The number of hydrogen-bond acceptors (Lipinski definition) is 5. The number of rotatable bonds is 3. The molecule has 0 amide bonds. The second kappa shape index (κ2) is 5.93. The van der Waals surface area contributed by atoms with Crippen LogP contribution >= 0.6 is 0 Å². The number of aromatic nitrogens is 3. The first-order valence-electron chi connectivity index (χ1n) is 8.97. The van der Waals surface area contributed by atoms with Gasteiger partial charge in [-0.3, -0.25) is 5.10 Å². The van der Waals surface area contributed by atoms with Crippen molar-refractivity contribution in [2.75, 3.05) is 6.54 Å². The molecule has 3 heterocycles. The molecule has 0 saturated carbocycles. The number of benzene rings is 1. The normalized spacial score (nSPS) is 24.8. The summed E-state index contributed by atoms with van der Waals surface area (Å²) >= 11 is 0. The molecule has 25 heavy (non-hydrogen) atoms. The molecule has 0 aliphatic carbocycles. The summed E-state index contributed by atoms with van der Waals surface area (Å²) in [4.78, 5) is 4.64. The standard InChI is InChI=1S/C18H25BN4O2/c1-17(2)18(3,4)25-19(24-17)13-9-7-12(8-10-13)15-21-16(23-22-15)14-6-5-11-20-14/h7-10,14,20H,5-6,11H2,1-4H3,(H,21,22,23)/t14-/m0/s1. The van der Waals surface area contributed by atoms with E-state index in [1.807, 2.05) is 24.3 Å². The molecule has 6 nitrogen and oxygen atoms in total. The molecule has 0 unspecified atom stereocenters. The third-order valence-corrected chi connectivity index (χ3v) is 5.59. The Hall–Kier alpha value is -1.70. The molecule has 1 aromatic carbocycles. The fourth-order valence-electron chi connectivity index (χ4n) is 3.25. The van der Waals surface area contributed by atoms with Gasteiger partial charge in [0, 0.05) is 5.56 Å². The van der Waals surface area contributed by atoms with Gasteiger partial charge in [-0.25, -0.2) is 4.98 Å². The Labute approximate surface area is 148 Å². The molecule has 2 aliphatic rings. The first-order valence-corrected chi connectivity index (χ1v) is 8.97. The SMILES string of the molecule is CC1(C)OB(c2ccc(-c3n[nH]c([C@@H]4CCCN4)n3)cc2)OC1(C)C. The highest BCUT2D eigenvalue weighted by Crippen LogP contribution is 2.36. The number of nitrogens with zero attached hydrogens (tertiary/aromatic N) is 2. The second-order valence-electron chi connectivity index (χ2n) is 7.90. The number of nitrogens with one attached hydrogen (secondary N) is 2. The van der Waals surface area contributed by atoms with Gasteiger partial charge in [0.15, 0.2) is 5.82 Å². The van der Waals surface area contributed by atoms with Gasteiger partial charge in [0.05, 0.1) is 17.2 Å². The van der Waals surface area contributed by atoms with Crippen molar-refractivity contribution in [1.29, 1.82) is 0 Å². The molecular formula is C18H25BN4O2. The molecule has 0 bridgehead atoms. The molecule has 0 spiro atoms. The monoisotopic (exact) mass is 340 g/mol. The summed E-state index contributed by atoms with van der Waals surface area (Å²) in [6.45, 7) is 9.30. The topological polar surface area (TPSA) is 72.1 Å². The minimum Gasteiger partial charge on any atom is -0.399 e. The van der Waals surface area contributed by atoms with Crippen molar-refractivity contribution < 1.29 is 9.31 Å². The summed E-state index contributed by atoms with van der Waals surface area (Å²) in [6.07, 6.45) is 2.29. The van der Waals surface area contributed by atoms with E-state index < -0.39 is 0 Å². The minimum atomic E-state index is -0.343. The Morgan fingerprint density at radius 3 is 2.36 bits per heavy atom. The zero-order valence-corrected chi connectivity index (χ0v) is 15.3. The van der Waals surface area contributed by atoms with E-state index in [9.17, 15) is 0 Å². The van der Waals surface area contributed by atoms with Crippen LogP contribution in [0, 0.1) is 0 Å². The van der Waals surface area contributed by atoms with E-state index in [-0.39, 0.29) is 18.3 Å². The Morgan fingerprint density at radius 2 is 1.76 bits per heavy atom. The van der Waals surface area contributed by atoms with Crippen LogP contribution in [0.4, 0.5) is 0 Å². The summed E-state index contributed by atoms with van der Waals surface area (Å²) in [7, 11) is -0.343. The summed E-state index contributed by atoms with van der Waals surface area (Å²) in [5.41, 5.74) is 1.34. The smallest absolute Gasteiger partial charge is 0.399 e. The Bertz CT molecular complexity index is 735. The van der Waals surface area contributed by atoms with Gasteiger partial charge in [-0.05, 0) is 52.5 Å². The van der Waals surface area contributed by atoms with Crippen molar-refractivity contribution in [2.45, 2.75) is 57.8 Å². The summed E-state index contributed by atoms with van der Waals surface area (Å²) < 4.78 is 12.2. The van der Waals surface area contributed by atoms with Crippen LogP contribution in [-0.2, 0) is 9.31 Å². The van der Waals surface area contributed by atoms with E-state index >= 15 is 0 Å². The van der Waals surface area contributed by atoms with Crippen molar-refractivity contribution in [2.24, 2.45) is 0 Å². The molecule has 7 heteroatoms. The van der Waals surface area contributed by atoms with E-state index in [4.69, 9.17) is 9.31 Å². The fourth-order valence-corrected chi connectivity index (χ4v) is 3.25. The molecule has 2 fully saturated rings. The van der Waals surface area contributed by atoms with Crippen LogP contribution in [0.15, 0.2) is 24.3 Å². The number of aromatic amines is 1. The van der Waals surface area contributed by atoms with Gasteiger partial charge in [-0.2, -0.15) is 5.10 Å². The lowest BCUT2D eigenvalue weighted by Crippen LogP contribution is -2.41. The van der Waals surface area contributed by atoms with Gasteiger partial charge in [-0.1, -0.05) is 24.3 Å². The van der Waals surface area contributed by atoms with Gasteiger partial charge in [0.25, 0.3) is 0 Å². The lowest BCUT2D eigenvalue weighted by Gasteiger charge is -2.32. The minimum absolute atomic E-state index is 0.297. The predicted octanol–water partition coefficient (Wildman–Crippen LogP) is 2.20. The Kier molecular flexibility index (Phi) is 3.98.